The van der Waals surface area contributed by atoms with E-state index >= 15 is 0 Å². The molecule has 0 unspecified atom stereocenters. The van der Waals surface area contributed by atoms with Crippen molar-refractivity contribution in [1.82, 2.24) is 9.88 Å². The molecule has 2 heterocycles. The molecule has 1 aliphatic heterocycles. The van der Waals surface area contributed by atoms with Gasteiger partial charge in [0.15, 0.2) is 0 Å². The number of ether oxygens (including phenoxy) is 1. The van der Waals surface area contributed by atoms with Gasteiger partial charge in [-0.15, -0.1) is 0 Å². The van der Waals surface area contributed by atoms with Crippen LogP contribution in [0.1, 0.15) is 19.4 Å². The fourth-order valence-corrected chi connectivity index (χ4v) is 2.98. The minimum atomic E-state index is -0.236. The third-order valence-electron chi connectivity index (χ3n) is 4.07. The molecule has 0 aliphatic carbocycles. The van der Waals surface area contributed by atoms with Crippen molar-refractivity contribution in [2.24, 2.45) is 0 Å². The molecular formula is C17H20N2O3. The number of pyridine rings is 1. The molecule has 1 N–H and O–H groups in total. The number of aromatic nitrogens is 1. The predicted molar refractivity (Wildman–Crippen MR) is 84.9 cm³/mol. The Morgan fingerprint density at radius 1 is 1.36 bits per heavy atom. The summed E-state index contributed by atoms with van der Waals surface area (Å²) in [5.41, 5.74) is 0.866. The highest BCUT2D eigenvalue weighted by molar-refractivity contribution is 5.83. The molecule has 3 rings (SSSR count). The molecule has 0 radical (unpaired) electrons. The van der Waals surface area contributed by atoms with Crippen LogP contribution in [0, 0.1) is 0 Å². The molecule has 1 amide bonds. The van der Waals surface area contributed by atoms with E-state index in [9.17, 15) is 9.59 Å². The summed E-state index contributed by atoms with van der Waals surface area (Å²) in [6, 6.07) is 9.36. The number of carbonyl (C=O) groups is 1. The van der Waals surface area contributed by atoms with Crippen LogP contribution in [0.15, 0.2) is 35.1 Å². The van der Waals surface area contributed by atoms with Crippen molar-refractivity contribution in [2.75, 3.05) is 19.7 Å². The van der Waals surface area contributed by atoms with Gasteiger partial charge in [0.05, 0.1) is 19.5 Å². The number of amides is 1. The number of benzene rings is 1. The number of likely N-dealkylation sites (tertiary alicyclic amines) is 1. The van der Waals surface area contributed by atoms with Crippen molar-refractivity contribution in [3.63, 3.8) is 0 Å². The molecule has 2 aromatic rings. The maximum absolute atomic E-state index is 12.3. The molecule has 0 spiro atoms. The average Bonchev–Trinajstić information content (AvgIpc) is 2.45. The zero-order valence-corrected chi connectivity index (χ0v) is 12.9. The standard InChI is InChI=1S/C17H20N2O3/c1-3-22-17(2)10-19(11-17)15(20)9-13-8-12-6-4-5-7-14(12)18-16(13)21/h4-8H,3,9-11H2,1-2H3,(H,18,21). The minimum absolute atomic E-state index is 0.0297. The van der Waals surface area contributed by atoms with Gasteiger partial charge < -0.3 is 14.6 Å². The highest BCUT2D eigenvalue weighted by Crippen LogP contribution is 2.25. The van der Waals surface area contributed by atoms with Crippen molar-refractivity contribution in [3.8, 4) is 0 Å². The van der Waals surface area contributed by atoms with E-state index in [1.807, 2.05) is 38.1 Å². The summed E-state index contributed by atoms with van der Waals surface area (Å²) in [7, 11) is 0. The maximum atomic E-state index is 12.3. The highest BCUT2D eigenvalue weighted by Gasteiger charge is 2.41. The molecule has 0 atom stereocenters. The first-order chi connectivity index (χ1) is 10.5. The fourth-order valence-electron chi connectivity index (χ4n) is 2.98. The Hall–Kier alpha value is -2.14. The molecule has 1 saturated heterocycles. The molecule has 1 aliphatic rings. The third kappa shape index (κ3) is 2.76. The van der Waals surface area contributed by atoms with Gasteiger partial charge in [0, 0.05) is 17.7 Å². The number of para-hydroxylation sites is 1. The van der Waals surface area contributed by atoms with E-state index in [2.05, 4.69) is 4.98 Å². The number of hydrogen-bond acceptors (Lipinski definition) is 3. The van der Waals surface area contributed by atoms with E-state index in [1.165, 1.54) is 0 Å². The molecule has 0 saturated carbocycles. The van der Waals surface area contributed by atoms with Crippen LogP contribution < -0.4 is 5.56 Å². The van der Waals surface area contributed by atoms with Gasteiger partial charge in [-0.05, 0) is 31.4 Å². The van der Waals surface area contributed by atoms with Gasteiger partial charge in [-0.1, -0.05) is 18.2 Å². The lowest BCUT2D eigenvalue weighted by Crippen LogP contribution is -2.63. The van der Waals surface area contributed by atoms with Crippen LogP contribution in [0.2, 0.25) is 0 Å². The molecule has 1 aromatic carbocycles. The van der Waals surface area contributed by atoms with E-state index in [0.717, 1.165) is 10.9 Å². The van der Waals surface area contributed by atoms with E-state index < -0.39 is 0 Å². The van der Waals surface area contributed by atoms with Gasteiger partial charge in [-0.3, -0.25) is 9.59 Å². The van der Waals surface area contributed by atoms with Crippen LogP contribution in [0.25, 0.3) is 10.9 Å². The van der Waals surface area contributed by atoms with Crippen LogP contribution in [-0.4, -0.2) is 41.1 Å². The molecule has 0 bridgehead atoms. The molecule has 116 valence electrons. The van der Waals surface area contributed by atoms with Gasteiger partial charge in [0.1, 0.15) is 5.60 Å². The summed E-state index contributed by atoms with van der Waals surface area (Å²) in [4.78, 5) is 28.9. The molecule has 1 aromatic heterocycles. The molecule has 22 heavy (non-hydrogen) atoms. The highest BCUT2D eigenvalue weighted by atomic mass is 16.5. The second kappa shape index (κ2) is 5.57. The molecule has 5 heteroatoms. The number of hydrogen-bond donors (Lipinski definition) is 1. The lowest BCUT2D eigenvalue weighted by molar-refractivity contribution is -0.162. The summed E-state index contributed by atoms with van der Waals surface area (Å²) in [6.07, 6.45) is 0.127. The fraction of sp³-hybridized carbons (Fsp3) is 0.412. The predicted octanol–water partition coefficient (Wildman–Crippen LogP) is 1.71. The van der Waals surface area contributed by atoms with Crippen LogP contribution in [-0.2, 0) is 16.0 Å². The Bertz CT molecular complexity index is 760. The smallest absolute Gasteiger partial charge is 0.252 e. The number of aromatic amines is 1. The number of H-pyrrole nitrogens is 1. The third-order valence-corrected chi connectivity index (χ3v) is 4.07. The summed E-state index contributed by atoms with van der Waals surface area (Å²) < 4.78 is 5.62. The lowest BCUT2D eigenvalue weighted by Gasteiger charge is -2.47. The Morgan fingerprint density at radius 2 is 2.09 bits per heavy atom. The van der Waals surface area contributed by atoms with Crippen LogP contribution >= 0.6 is 0 Å². The normalized spacial score (nSPS) is 16.5. The lowest BCUT2D eigenvalue weighted by atomic mass is 9.95. The summed E-state index contributed by atoms with van der Waals surface area (Å²) in [5, 5.41) is 0.938. The van der Waals surface area contributed by atoms with Crippen molar-refractivity contribution in [2.45, 2.75) is 25.9 Å². The van der Waals surface area contributed by atoms with Gasteiger partial charge in [0.2, 0.25) is 5.91 Å². The van der Waals surface area contributed by atoms with Gasteiger partial charge >= 0.3 is 0 Å². The molecule has 5 nitrogen and oxygen atoms in total. The Labute approximate surface area is 128 Å². The first-order valence-electron chi connectivity index (χ1n) is 7.53. The van der Waals surface area contributed by atoms with Crippen LogP contribution in [0.4, 0.5) is 0 Å². The maximum Gasteiger partial charge on any atom is 0.252 e. The average molecular weight is 300 g/mol. The Morgan fingerprint density at radius 3 is 2.82 bits per heavy atom. The number of carbonyl (C=O) groups excluding carboxylic acids is 1. The van der Waals surface area contributed by atoms with Crippen molar-refractivity contribution >= 4 is 16.8 Å². The number of rotatable bonds is 4. The van der Waals surface area contributed by atoms with Crippen molar-refractivity contribution in [1.29, 1.82) is 0 Å². The SMILES string of the molecule is CCOC1(C)CN(C(=O)Cc2cc3ccccc3[nH]c2=O)C1. The quantitative estimate of drug-likeness (QED) is 0.935. The molecular weight excluding hydrogens is 280 g/mol. The minimum Gasteiger partial charge on any atom is -0.372 e. The van der Waals surface area contributed by atoms with E-state index in [0.29, 0.717) is 25.3 Å². The van der Waals surface area contributed by atoms with Crippen molar-refractivity contribution in [3.05, 3.63) is 46.2 Å². The van der Waals surface area contributed by atoms with Crippen LogP contribution in [0.5, 0.6) is 0 Å². The van der Waals surface area contributed by atoms with E-state index in [1.54, 1.807) is 11.0 Å². The number of fused-ring (bicyclic) bond motifs is 1. The Kier molecular flexibility index (Phi) is 3.74. The first-order valence-corrected chi connectivity index (χ1v) is 7.53. The molecule has 1 fully saturated rings. The largest absolute Gasteiger partial charge is 0.372 e. The van der Waals surface area contributed by atoms with Gasteiger partial charge in [0.25, 0.3) is 5.56 Å². The zero-order chi connectivity index (χ0) is 15.7. The van der Waals surface area contributed by atoms with Gasteiger partial charge in [-0.25, -0.2) is 0 Å². The Balaban J connectivity index is 1.73. The second-order valence-corrected chi connectivity index (χ2v) is 6.02. The number of nitrogens with zero attached hydrogens (tertiary/aromatic N) is 1. The summed E-state index contributed by atoms with van der Waals surface area (Å²) >= 11 is 0. The van der Waals surface area contributed by atoms with Crippen molar-refractivity contribution < 1.29 is 9.53 Å². The monoisotopic (exact) mass is 300 g/mol. The van der Waals surface area contributed by atoms with E-state index in [-0.39, 0.29) is 23.5 Å². The topological polar surface area (TPSA) is 62.4 Å². The summed E-state index contributed by atoms with van der Waals surface area (Å²) in [6.45, 7) is 5.77. The first kappa shape index (κ1) is 14.8. The van der Waals surface area contributed by atoms with E-state index in [4.69, 9.17) is 4.74 Å². The number of nitrogens with one attached hydrogen (secondary N) is 1. The van der Waals surface area contributed by atoms with Gasteiger partial charge in [-0.2, -0.15) is 0 Å². The second-order valence-electron chi connectivity index (χ2n) is 6.02. The zero-order valence-electron chi connectivity index (χ0n) is 12.9. The summed E-state index contributed by atoms with van der Waals surface area (Å²) in [5.74, 6) is -0.0297. The van der Waals surface area contributed by atoms with Crippen LogP contribution in [0.3, 0.4) is 0 Å².